The molecule has 2 aromatic rings. The van der Waals surface area contributed by atoms with E-state index < -0.39 is 10.0 Å². The van der Waals surface area contributed by atoms with Gasteiger partial charge in [0.15, 0.2) is 0 Å². The molecule has 0 unspecified atom stereocenters. The van der Waals surface area contributed by atoms with Gasteiger partial charge in [-0.25, -0.2) is 8.42 Å². The molecule has 0 saturated carbocycles. The van der Waals surface area contributed by atoms with Crippen molar-refractivity contribution >= 4 is 21.4 Å². The molecule has 20 heavy (non-hydrogen) atoms. The van der Waals surface area contributed by atoms with Gasteiger partial charge in [0, 0.05) is 13.1 Å². The smallest absolute Gasteiger partial charge is 0.252 e. The Bertz CT molecular complexity index is 653. The van der Waals surface area contributed by atoms with Gasteiger partial charge < -0.3 is 4.74 Å². The van der Waals surface area contributed by atoms with E-state index in [1.165, 1.54) is 15.6 Å². The van der Waals surface area contributed by atoms with Crippen LogP contribution < -0.4 is 0 Å². The highest BCUT2D eigenvalue weighted by atomic mass is 32.2. The fraction of sp³-hybridized carbons (Fsp3) is 0.286. The molecule has 2 heterocycles. The first-order valence-corrected chi connectivity index (χ1v) is 8.70. The topological polar surface area (TPSA) is 46.6 Å². The molecule has 4 nitrogen and oxygen atoms in total. The number of morpholine rings is 1. The predicted octanol–water partition coefficient (Wildman–Crippen LogP) is 2.51. The number of benzene rings is 1. The summed E-state index contributed by atoms with van der Waals surface area (Å²) in [6.45, 7) is 1.19. The molecule has 1 aliphatic rings. The Morgan fingerprint density at radius 1 is 1.15 bits per heavy atom. The van der Waals surface area contributed by atoms with Crippen molar-refractivity contribution < 1.29 is 13.2 Å². The molecule has 0 aliphatic carbocycles. The molecule has 0 bridgehead atoms. The second-order valence-corrected chi connectivity index (χ2v) is 7.68. The first kappa shape index (κ1) is 13.8. The van der Waals surface area contributed by atoms with Gasteiger partial charge in [-0.15, -0.1) is 11.3 Å². The molecule has 1 atom stereocenters. The van der Waals surface area contributed by atoms with Gasteiger partial charge >= 0.3 is 0 Å². The van der Waals surface area contributed by atoms with Crippen LogP contribution in [0.5, 0.6) is 0 Å². The molecule has 0 N–H and O–H groups in total. The first-order chi connectivity index (χ1) is 9.68. The van der Waals surface area contributed by atoms with Gasteiger partial charge in [0.1, 0.15) is 4.21 Å². The molecule has 1 aromatic carbocycles. The SMILES string of the molecule is O=S(=O)(c1cccs1)N1CCO[C@H](c2ccccc2)C1. The third-order valence-corrected chi connectivity index (χ3v) is 6.53. The van der Waals surface area contributed by atoms with Crippen LogP contribution in [0.3, 0.4) is 0 Å². The minimum atomic E-state index is -3.39. The van der Waals surface area contributed by atoms with E-state index in [1.807, 2.05) is 30.3 Å². The highest BCUT2D eigenvalue weighted by Crippen LogP contribution is 2.27. The van der Waals surface area contributed by atoms with Crippen molar-refractivity contribution in [1.29, 1.82) is 0 Å². The summed E-state index contributed by atoms with van der Waals surface area (Å²) in [4.78, 5) is 0. The molecular weight excluding hydrogens is 294 g/mol. The Morgan fingerprint density at radius 2 is 1.95 bits per heavy atom. The normalized spacial score (nSPS) is 20.9. The van der Waals surface area contributed by atoms with Crippen LogP contribution in [0, 0.1) is 0 Å². The quantitative estimate of drug-likeness (QED) is 0.875. The Kier molecular flexibility index (Phi) is 3.89. The largest absolute Gasteiger partial charge is 0.371 e. The van der Waals surface area contributed by atoms with Gasteiger partial charge in [0.2, 0.25) is 0 Å². The molecule has 106 valence electrons. The number of thiophene rings is 1. The lowest BCUT2D eigenvalue weighted by Crippen LogP contribution is -2.41. The van der Waals surface area contributed by atoms with E-state index in [0.29, 0.717) is 23.9 Å². The predicted molar refractivity (Wildman–Crippen MR) is 78.2 cm³/mol. The third-order valence-electron chi connectivity index (χ3n) is 3.29. The Balaban J connectivity index is 1.83. The standard InChI is InChI=1S/C14H15NO3S2/c16-20(17,14-7-4-10-19-14)15-8-9-18-13(11-15)12-5-2-1-3-6-12/h1-7,10,13H,8-9,11H2/t13-/m0/s1. The van der Waals surface area contributed by atoms with Crippen LogP contribution in [-0.4, -0.2) is 32.4 Å². The van der Waals surface area contributed by atoms with E-state index in [0.717, 1.165) is 5.56 Å². The maximum Gasteiger partial charge on any atom is 0.252 e. The van der Waals surface area contributed by atoms with Gasteiger partial charge in [-0.1, -0.05) is 36.4 Å². The molecule has 0 spiro atoms. The number of hydrogen-bond donors (Lipinski definition) is 0. The molecule has 3 rings (SSSR count). The zero-order valence-electron chi connectivity index (χ0n) is 10.8. The first-order valence-electron chi connectivity index (χ1n) is 6.38. The van der Waals surface area contributed by atoms with E-state index in [-0.39, 0.29) is 6.10 Å². The maximum absolute atomic E-state index is 12.5. The summed E-state index contributed by atoms with van der Waals surface area (Å²) in [5.41, 5.74) is 1.01. The fourth-order valence-corrected chi connectivity index (χ4v) is 4.82. The maximum atomic E-state index is 12.5. The molecular formula is C14H15NO3S2. The average molecular weight is 309 g/mol. The number of sulfonamides is 1. The number of rotatable bonds is 3. The highest BCUT2D eigenvalue weighted by Gasteiger charge is 2.31. The summed E-state index contributed by atoms with van der Waals surface area (Å²) in [6.07, 6.45) is -0.195. The molecule has 1 aliphatic heterocycles. The van der Waals surface area contributed by atoms with Crippen LogP contribution in [0.25, 0.3) is 0 Å². The minimum Gasteiger partial charge on any atom is -0.371 e. The molecule has 1 saturated heterocycles. The van der Waals surface area contributed by atoms with Crippen LogP contribution in [0.2, 0.25) is 0 Å². The van der Waals surface area contributed by atoms with Gasteiger partial charge in [-0.05, 0) is 17.0 Å². The molecule has 1 fully saturated rings. The van der Waals surface area contributed by atoms with E-state index in [9.17, 15) is 8.42 Å². The van der Waals surface area contributed by atoms with Crippen LogP contribution in [-0.2, 0) is 14.8 Å². The van der Waals surface area contributed by atoms with Gasteiger partial charge in [-0.2, -0.15) is 4.31 Å². The number of ether oxygens (including phenoxy) is 1. The van der Waals surface area contributed by atoms with E-state index >= 15 is 0 Å². The summed E-state index contributed by atoms with van der Waals surface area (Å²) >= 11 is 1.25. The lowest BCUT2D eigenvalue weighted by Gasteiger charge is -2.32. The molecule has 6 heteroatoms. The van der Waals surface area contributed by atoms with Crippen LogP contribution in [0.4, 0.5) is 0 Å². The van der Waals surface area contributed by atoms with Crippen molar-refractivity contribution in [3.8, 4) is 0 Å². The van der Waals surface area contributed by atoms with E-state index in [1.54, 1.807) is 17.5 Å². The van der Waals surface area contributed by atoms with Crippen molar-refractivity contribution in [2.45, 2.75) is 10.3 Å². The van der Waals surface area contributed by atoms with Crippen LogP contribution in [0.1, 0.15) is 11.7 Å². The molecule has 0 radical (unpaired) electrons. The van der Waals surface area contributed by atoms with Crippen molar-refractivity contribution in [2.75, 3.05) is 19.7 Å². The highest BCUT2D eigenvalue weighted by molar-refractivity contribution is 7.91. The molecule has 1 aromatic heterocycles. The number of nitrogens with zero attached hydrogens (tertiary/aromatic N) is 1. The Hall–Kier alpha value is -1.21. The lowest BCUT2D eigenvalue weighted by atomic mass is 10.1. The zero-order valence-corrected chi connectivity index (χ0v) is 12.4. The summed E-state index contributed by atoms with van der Waals surface area (Å²) < 4.78 is 32.6. The van der Waals surface area contributed by atoms with Gasteiger partial charge in [0.05, 0.1) is 12.7 Å². The number of hydrogen-bond acceptors (Lipinski definition) is 4. The van der Waals surface area contributed by atoms with Gasteiger partial charge in [-0.3, -0.25) is 0 Å². The monoisotopic (exact) mass is 309 g/mol. The van der Waals surface area contributed by atoms with Crippen molar-refractivity contribution in [3.05, 3.63) is 53.4 Å². The summed E-state index contributed by atoms with van der Waals surface area (Å²) in [5, 5.41) is 1.78. The summed E-state index contributed by atoms with van der Waals surface area (Å²) in [5.74, 6) is 0. The van der Waals surface area contributed by atoms with E-state index in [4.69, 9.17) is 4.74 Å². The second kappa shape index (κ2) is 5.65. The third kappa shape index (κ3) is 2.64. The van der Waals surface area contributed by atoms with Crippen LogP contribution >= 0.6 is 11.3 Å². The summed E-state index contributed by atoms with van der Waals surface area (Å²) in [6, 6.07) is 13.1. The molecule has 0 amide bonds. The Labute approximate surface area is 122 Å². The van der Waals surface area contributed by atoms with Crippen molar-refractivity contribution in [3.63, 3.8) is 0 Å². The van der Waals surface area contributed by atoms with Gasteiger partial charge in [0.25, 0.3) is 10.0 Å². The lowest BCUT2D eigenvalue weighted by molar-refractivity contribution is -0.00249. The van der Waals surface area contributed by atoms with Crippen molar-refractivity contribution in [2.24, 2.45) is 0 Å². The Morgan fingerprint density at radius 3 is 2.65 bits per heavy atom. The zero-order chi connectivity index (χ0) is 14.0. The van der Waals surface area contributed by atoms with Crippen molar-refractivity contribution in [1.82, 2.24) is 4.31 Å². The van der Waals surface area contributed by atoms with Crippen LogP contribution in [0.15, 0.2) is 52.1 Å². The van der Waals surface area contributed by atoms with E-state index in [2.05, 4.69) is 0 Å². The minimum absolute atomic E-state index is 0.195. The summed E-state index contributed by atoms with van der Waals surface area (Å²) in [7, 11) is -3.39. The average Bonchev–Trinajstić information content (AvgIpc) is 3.03. The second-order valence-electron chi connectivity index (χ2n) is 4.57. The fourth-order valence-electron chi connectivity index (χ4n) is 2.25.